The number of carboxylic acids is 1. The second kappa shape index (κ2) is 7.05. The highest BCUT2D eigenvalue weighted by atomic mass is 16.6. The Morgan fingerprint density at radius 2 is 1.19 bits per heavy atom. The highest BCUT2D eigenvalue weighted by molar-refractivity contribution is 5.72. The van der Waals surface area contributed by atoms with Crippen LogP contribution in [-0.2, 0) is 33.4 Å². The third-order valence-corrected chi connectivity index (χ3v) is 3.05. The van der Waals surface area contributed by atoms with Gasteiger partial charge in [0.05, 0.1) is 5.92 Å². The summed E-state index contributed by atoms with van der Waals surface area (Å²) in [4.78, 5) is 44.6. The lowest BCUT2D eigenvalue weighted by Gasteiger charge is -2.38. The first-order valence-corrected chi connectivity index (χ1v) is 6.45. The summed E-state index contributed by atoms with van der Waals surface area (Å²) in [5.41, 5.74) is 0. The van der Waals surface area contributed by atoms with E-state index in [1.54, 1.807) is 0 Å². The molecular formula is C13H18O8. The van der Waals surface area contributed by atoms with Crippen LogP contribution in [0.4, 0.5) is 0 Å². The molecule has 0 aromatic rings. The van der Waals surface area contributed by atoms with Crippen LogP contribution in [0.3, 0.4) is 0 Å². The molecular weight excluding hydrogens is 284 g/mol. The summed E-state index contributed by atoms with van der Waals surface area (Å²) in [7, 11) is 0. The molecule has 0 heterocycles. The lowest BCUT2D eigenvalue weighted by molar-refractivity contribution is -0.195. The van der Waals surface area contributed by atoms with Crippen LogP contribution in [0.15, 0.2) is 0 Å². The molecule has 0 aliphatic heterocycles. The summed E-state index contributed by atoms with van der Waals surface area (Å²) in [5.74, 6) is -3.85. The predicted molar refractivity (Wildman–Crippen MR) is 67.0 cm³/mol. The van der Waals surface area contributed by atoms with Crippen molar-refractivity contribution in [1.29, 1.82) is 0 Å². The van der Waals surface area contributed by atoms with Gasteiger partial charge in [0, 0.05) is 33.6 Å². The van der Waals surface area contributed by atoms with Crippen LogP contribution >= 0.6 is 0 Å². The molecule has 1 rings (SSSR count). The average molecular weight is 302 g/mol. The van der Waals surface area contributed by atoms with Crippen LogP contribution in [0.5, 0.6) is 0 Å². The van der Waals surface area contributed by atoms with Crippen molar-refractivity contribution in [1.82, 2.24) is 0 Å². The molecule has 0 aromatic carbocycles. The molecule has 1 N–H and O–H groups in total. The molecule has 0 aromatic heterocycles. The number of ether oxygens (including phenoxy) is 3. The molecule has 0 spiro atoms. The average Bonchev–Trinajstić information content (AvgIpc) is 2.30. The maximum atomic E-state index is 11.2. The van der Waals surface area contributed by atoms with Gasteiger partial charge in [0.15, 0.2) is 6.10 Å². The molecule has 0 radical (unpaired) electrons. The van der Waals surface area contributed by atoms with Crippen molar-refractivity contribution in [3.8, 4) is 0 Å². The Bertz CT molecular complexity index is 417. The molecule has 8 nitrogen and oxygen atoms in total. The molecule has 1 aliphatic carbocycles. The van der Waals surface area contributed by atoms with Gasteiger partial charge in [0.25, 0.3) is 0 Å². The van der Waals surface area contributed by atoms with Crippen molar-refractivity contribution in [2.45, 2.75) is 51.9 Å². The summed E-state index contributed by atoms with van der Waals surface area (Å²) in [5, 5.41) is 9.12. The van der Waals surface area contributed by atoms with E-state index in [1.165, 1.54) is 6.92 Å². The Morgan fingerprint density at radius 3 is 1.48 bits per heavy atom. The Hall–Kier alpha value is -2.12. The summed E-state index contributed by atoms with van der Waals surface area (Å²) in [6, 6.07) is 0. The zero-order chi connectivity index (χ0) is 16.2. The van der Waals surface area contributed by atoms with Gasteiger partial charge in [-0.15, -0.1) is 0 Å². The molecule has 118 valence electrons. The van der Waals surface area contributed by atoms with Crippen LogP contribution in [0.2, 0.25) is 0 Å². The van der Waals surface area contributed by atoms with Crippen LogP contribution in [-0.4, -0.2) is 47.3 Å². The van der Waals surface area contributed by atoms with E-state index >= 15 is 0 Å². The number of hydrogen-bond acceptors (Lipinski definition) is 7. The molecule has 1 aliphatic rings. The Kier molecular flexibility index (Phi) is 5.69. The van der Waals surface area contributed by atoms with E-state index < -0.39 is 48.1 Å². The monoisotopic (exact) mass is 302 g/mol. The fourth-order valence-corrected chi connectivity index (χ4v) is 2.37. The van der Waals surface area contributed by atoms with Gasteiger partial charge < -0.3 is 19.3 Å². The van der Waals surface area contributed by atoms with Gasteiger partial charge in [-0.1, -0.05) is 0 Å². The molecule has 0 bridgehead atoms. The lowest BCUT2D eigenvalue weighted by Crippen LogP contribution is -2.51. The highest BCUT2D eigenvalue weighted by Crippen LogP contribution is 2.31. The SMILES string of the molecule is CC(=O)OC1CC(C(=O)O)CC(OC(C)=O)C1OC(C)=O. The third kappa shape index (κ3) is 5.05. The van der Waals surface area contributed by atoms with Crippen molar-refractivity contribution in [3.05, 3.63) is 0 Å². The van der Waals surface area contributed by atoms with E-state index in [0.29, 0.717) is 0 Å². The van der Waals surface area contributed by atoms with E-state index in [1.807, 2.05) is 0 Å². The normalized spacial score (nSPS) is 28.3. The second-order valence-corrected chi connectivity index (χ2v) is 4.88. The van der Waals surface area contributed by atoms with Crippen LogP contribution in [0, 0.1) is 5.92 Å². The first kappa shape index (κ1) is 16.9. The Labute approximate surface area is 121 Å². The first-order chi connectivity index (χ1) is 9.70. The van der Waals surface area contributed by atoms with E-state index in [9.17, 15) is 19.2 Å². The predicted octanol–water partition coefficient (Wildman–Crippen LogP) is 0.276. The second-order valence-electron chi connectivity index (χ2n) is 4.88. The van der Waals surface area contributed by atoms with Crippen LogP contribution in [0.1, 0.15) is 33.6 Å². The molecule has 2 atom stereocenters. The van der Waals surface area contributed by atoms with E-state index in [4.69, 9.17) is 19.3 Å². The third-order valence-electron chi connectivity index (χ3n) is 3.05. The minimum atomic E-state index is -1.09. The van der Waals surface area contributed by atoms with Crippen molar-refractivity contribution >= 4 is 23.9 Å². The number of carbonyl (C=O) groups is 4. The van der Waals surface area contributed by atoms with Gasteiger partial charge >= 0.3 is 23.9 Å². The number of carbonyl (C=O) groups excluding carboxylic acids is 3. The van der Waals surface area contributed by atoms with Gasteiger partial charge in [-0.05, 0) is 0 Å². The van der Waals surface area contributed by atoms with Crippen LogP contribution in [0.25, 0.3) is 0 Å². The molecule has 1 fully saturated rings. The number of aliphatic carboxylic acids is 1. The highest BCUT2D eigenvalue weighted by Gasteiger charge is 2.46. The standard InChI is InChI=1S/C13H18O8/c1-6(14)19-10-4-9(13(17)18)5-11(20-7(2)15)12(10)21-8(3)16/h9-12H,4-5H2,1-3H3,(H,17,18). The molecule has 0 saturated heterocycles. The number of rotatable bonds is 4. The topological polar surface area (TPSA) is 116 Å². The Morgan fingerprint density at radius 1 is 0.810 bits per heavy atom. The van der Waals surface area contributed by atoms with E-state index in [-0.39, 0.29) is 12.8 Å². The fourth-order valence-electron chi connectivity index (χ4n) is 2.37. The molecule has 8 heteroatoms. The van der Waals surface area contributed by atoms with Crippen molar-refractivity contribution in [3.63, 3.8) is 0 Å². The largest absolute Gasteiger partial charge is 0.481 e. The quantitative estimate of drug-likeness (QED) is 0.581. The van der Waals surface area contributed by atoms with Crippen molar-refractivity contribution in [2.75, 3.05) is 0 Å². The van der Waals surface area contributed by atoms with Gasteiger partial charge in [0.1, 0.15) is 12.2 Å². The van der Waals surface area contributed by atoms with Gasteiger partial charge in [-0.3, -0.25) is 19.2 Å². The Balaban J connectivity index is 3.01. The first-order valence-electron chi connectivity index (χ1n) is 6.45. The minimum absolute atomic E-state index is 0.00930. The molecule has 1 saturated carbocycles. The van der Waals surface area contributed by atoms with Crippen molar-refractivity contribution < 1.29 is 38.5 Å². The zero-order valence-electron chi connectivity index (χ0n) is 12.0. The fraction of sp³-hybridized carbons (Fsp3) is 0.692. The molecule has 21 heavy (non-hydrogen) atoms. The summed E-state index contributed by atoms with van der Waals surface area (Å²) in [6.45, 7) is 3.49. The lowest BCUT2D eigenvalue weighted by atomic mass is 9.83. The zero-order valence-corrected chi connectivity index (χ0v) is 12.0. The smallest absolute Gasteiger partial charge is 0.306 e. The number of hydrogen-bond donors (Lipinski definition) is 1. The maximum Gasteiger partial charge on any atom is 0.306 e. The van der Waals surface area contributed by atoms with Gasteiger partial charge in [-0.25, -0.2) is 0 Å². The number of esters is 3. The molecule has 2 unspecified atom stereocenters. The maximum absolute atomic E-state index is 11.2. The van der Waals surface area contributed by atoms with E-state index in [0.717, 1.165) is 13.8 Å². The van der Waals surface area contributed by atoms with Crippen molar-refractivity contribution in [2.24, 2.45) is 5.92 Å². The summed E-state index contributed by atoms with van der Waals surface area (Å²) in [6.07, 6.45) is -2.96. The van der Waals surface area contributed by atoms with Crippen LogP contribution < -0.4 is 0 Å². The molecule has 0 amide bonds. The van der Waals surface area contributed by atoms with E-state index in [2.05, 4.69) is 0 Å². The summed E-state index contributed by atoms with van der Waals surface area (Å²) < 4.78 is 15.1. The summed E-state index contributed by atoms with van der Waals surface area (Å²) >= 11 is 0. The van der Waals surface area contributed by atoms with Gasteiger partial charge in [0.2, 0.25) is 0 Å². The number of carboxylic acid groups (broad SMARTS) is 1. The van der Waals surface area contributed by atoms with Gasteiger partial charge in [-0.2, -0.15) is 0 Å². The minimum Gasteiger partial charge on any atom is -0.481 e.